The molecule has 4 N–H and O–H groups in total. The van der Waals surface area contributed by atoms with E-state index in [1.165, 1.54) is 10.9 Å². The van der Waals surface area contributed by atoms with Crippen molar-refractivity contribution in [2.45, 2.75) is 6.42 Å². The zero-order chi connectivity index (χ0) is 19.8. The number of benzene rings is 2. The maximum absolute atomic E-state index is 12.1. The predicted molar refractivity (Wildman–Crippen MR) is 118 cm³/mol. The Morgan fingerprint density at radius 3 is 2.64 bits per heavy atom. The highest BCUT2D eigenvalue weighted by Crippen LogP contribution is 2.17. The number of guanidine groups is 1. The van der Waals surface area contributed by atoms with Crippen molar-refractivity contribution in [1.29, 1.82) is 0 Å². The molecule has 7 heteroatoms. The van der Waals surface area contributed by atoms with Crippen LogP contribution in [0.15, 0.2) is 64.2 Å². The fourth-order valence-electron chi connectivity index (χ4n) is 2.96. The number of nitrogens with zero attached hydrogens (tertiary/aromatic N) is 1. The van der Waals surface area contributed by atoms with Crippen LogP contribution in [0.5, 0.6) is 0 Å². The normalized spacial score (nSPS) is 11.4. The van der Waals surface area contributed by atoms with Crippen LogP contribution in [-0.2, 0) is 6.42 Å². The van der Waals surface area contributed by atoms with Gasteiger partial charge in [0.25, 0.3) is 5.91 Å². The van der Waals surface area contributed by atoms with Gasteiger partial charge in [-0.1, -0.05) is 40.2 Å². The summed E-state index contributed by atoms with van der Waals surface area (Å²) in [5.74, 6) is 0.627. The molecule has 0 unspecified atom stereocenters. The van der Waals surface area contributed by atoms with E-state index in [-0.39, 0.29) is 5.91 Å². The average Bonchev–Trinajstić information content (AvgIpc) is 3.12. The average molecular weight is 442 g/mol. The molecule has 0 aliphatic carbocycles. The van der Waals surface area contributed by atoms with E-state index in [0.717, 1.165) is 28.9 Å². The van der Waals surface area contributed by atoms with Gasteiger partial charge in [-0.15, -0.1) is 0 Å². The molecule has 28 heavy (non-hydrogen) atoms. The van der Waals surface area contributed by atoms with Crippen LogP contribution < -0.4 is 16.0 Å². The van der Waals surface area contributed by atoms with Crippen molar-refractivity contribution < 1.29 is 4.79 Å². The molecule has 146 valence electrons. The van der Waals surface area contributed by atoms with E-state index in [1.807, 2.05) is 18.2 Å². The van der Waals surface area contributed by atoms with Crippen molar-refractivity contribution in [1.82, 2.24) is 20.9 Å². The molecular weight excluding hydrogens is 418 g/mol. The Morgan fingerprint density at radius 2 is 1.82 bits per heavy atom. The van der Waals surface area contributed by atoms with Crippen LogP contribution in [0, 0.1) is 0 Å². The fourth-order valence-corrected chi connectivity index (χ4v) is 3.36. The minimum atomic E-state index is -0.0922. The molecule has 0 aliphatic rings. The van der Waals surface area contributed by atoms with Crippen LogP contribution in [0.4, 0.5) is 0 Å². The number of rotatable bonds is 7. The molecule has 6 nitrogen and oxygen atoms in total. The number of para-hydroxylation sites is 1. The number of fused-ring (bicyclic) bond motifs is 1. The number of H-pyrrole nitrogens is 1. The van der Waals surface area contributed by atoms with Gasteiger partial charge in [-0.2, -0.15) is 0 Å². The Kier molecular flexibility index (Phi) is 7.08. The number of halogens is 1. The third kappa shape index (κ3) is 5.36. The van der Waals surface area contributed by atoms with Crippen LogP contribution >= 0.6 is 15.9 Å². The number of hydrogen-bond acceptors (Lipinski definition) is 2. The Morgan fingerprint density at radius 1 is 1.04 bits per heavy atom. The minimum absolute atomic E-state index is 0.0922. The smallest absolute Gasteiger partial charge is 0.251 e. The molecule has 0 atom stereocenters. The number of aromatic nitrogens is 1. The third-order valence-corrected chi connectivity index (χ3v) is 4.87. The van der Waals surface area contributed by atoms with E-state index in [1.54, 1.807) is 19.2 Å². The molecule has 0 bridgehead atoms. The zero-order valence-corrected chi connectivity index (χ0v) is 17.3. The van der Waals surface area contributed by atoms with E-state index in [0.29, 0.717) is 18.7 Å². The number of aromatic amines is 1. The lowest BCUT2D eigenvalue weighted by molar-refractivity contribution is 0.0954. The van der Waals surface area contributed by atoms with Crippen LogP contribution in [0.2, 0.25) is 0 Å². The van der Waals surface area contributed by atoms with Gasteiger partial charge in [0.05, 0.1) is 0 Å². The fraction of sp³-hybridized carbons (Fsp3) is 0.238. The lowest BCUT2D eigenvalue weighted by Crippen LogP contribution is -2.42. The minimum Gasteiger partial charge on any atom is -0.361 e. The molecule has 0 saturated carbocycles. The van der Waals surface area contributed by atoms with Gasteiger partial charge in [-0.3, -0.25) is 9.79 Å². The van der Waals surface area contributed by atoms with Gasteiger partial charge in [0.1, 0.15) is 0 Å². The van der Waals surface area contributed by atoms with E-state index >= 15 is 0 Å². The molecular formula is C21H24BrN5O. The molecule has 0 spiro atoms. The summed E-state index contributed by atoms with van der Waals surface area (Å²) in [5, 5.41) is 10.7. The summed E-state index contributed by atoms with van der Waals surface area (Å²) in [6.07, 6.45) is 2.95. The van der Waals surface area contributed by atoms with Crippen molar-refractivity contribution in [3.63, 3.8) is 0 Å². The van der Waals surface area contributed by atoms with Gasteiger partial charge in [0.2, 0.25) is 0 Å². The van der Waals surface area contributed by atoms with Crippen LogP contribution in [0.1, 0.15) is 15.9 Å². The molecule has 1 heterocycles. The maximum atomic E-state index is 12.1. The van der Waals surface area contributed by atoms with E-state index in [9.17, 15) is 4.79 Å². The summed E-state index contributed by atoms with van der Waals surface area (Å²) >= 11 is 3.37. The molecule has 2 aromatic carbocycles. The molecule has 1 amide bonds. The summed E-state index contributed by atoms with van der Waals surface area (Å²) in [6, 6.07) is 15.6. The lowest BCUT2D eigenvalue weighted by Gasteiger charge is -2.12. The summed E-state index contributed by atoms with van der Waals surface area (Å²) in [6.45, 7) is 1.87. The largest absolute Gasteiger partial charge is 0.361 e. The predicted octanol–water partition coefficient (Wildman–Crippen LogP) is 3.07. The molecule has 0 radical (unpaired) electrons. The maximum Gasteiger partial charge on any atom is 0.251 e. The molecule has 1 aromatic heterocycles. The second-order valence-corrected chi connectivity index (χ2v) is 7.22. The first-order chi connectivity index (χ1) is 13.7. The van der Waals surface area contributed by atoms with Gasteiger partial charge < -0.3 is 20.9 Å². The first-order valence-electron chi connectivity index (χ1n) is 9.20. The number of hydrogen-bond donors (Lipinski definition) is 4. The highest BCUT2D eigenvalue weighted by Gasteiger charge is 2.06. The van der Waals surface area contributed by atoms with Gasteiger partial charge in [-0.05, 0) is 36.2 Å². The van der Waals surface area contributed by atoms with E-state index < -0.39 is 0 Å². The highest BCUT2D eigenvalue weighted by molar-refractivity contribution is 9.10. The van der Waals surface area contributed by atoms with Crippen molar-refractivity contribution >= 4 is 38.7 Å². The van der Waals surface area contributed by atoms with Gasteiger partial charge in [-0.25, -0.2) is 0 Å². The zero-order valence-electron chi connectivity index (χ0n) is 15.8. The topological polar surface area (TPSA) is 81.3 Å². The first-order valence-corrected chi connectivity index (χ1v) is 10.00. The standard InChI is InChI=1S/C21H24BrN5O/c1-23-21(25-10-9-16-14-27-19-8-3-2-7-18(16)19)26-12-11-24-20(28)15-5-4-6-17(22)13-15/h2-8,13-14,27H,9-12H2,1H3,(H,24,28)(H2,23,25,26). The molecule has 3 aromatic rings. The second-order valence-electron chi connectivity index (χ2n) is 6.30. The van der Waals surface area contributed by atoms with Crippen molar-refractivity contribution in [3.05, 3.63) is 70.3 Å². The van der Waals surface area contributed by atoms with Crippen LogP contribution in [-0.4, -0.2) is 43.5 Å². The van der Waals surface area contributed by atoms with Crippen molar-refractivity contribution in [3.8, 4) is 0 Å². The Labute approximate surface area is 173 Å². The lowest BCUT2D eigenvalue weighted by atomic mass is 10.1. The van der Waals surface area contributed by atoms with Crippen LogP contribution in [0.3, 0.4) is 0 Å². The summed E-state index contributed by atoms with van der Waals surface area (Å²) < 4.78 is 0.887. The SMILES string of the molecule is CN=C(NCCNC(=O)c1cccc(Br)c1)NCCc1c[nH]c2ccccc12. The Hall–Kier alpha value is -2.80. The summed E-state index contributed by atoms with van der Waals surface area (Å²) in [4.78, 5) is 19.6. The molecule has 0 aliphatic heterocycles. The number of amides is 1. The summed E-state index contributed by atoms with van der Waals surface area (Å²) in [7, 11) is 1.74. The van der Waals surface area contributed by atoms with Crippen LogP contribution in [0.25, 0.3) is 10.9 Å². The number of aliphatic imine (C=N–C) groups is 1. The quantitative estimate of drug-likeness (QED) is 0.258. The Balaban J connectivity index is 1.38. The van der Waals surface area contributed by atoms with Gasteiger partial charge >= 0.3 is 0 Å². The highest BCUT2D eigenvalue weighted by atomic mass is 79.9. The number of nitrogens with one attached hydrogen (secondary N) is 4. The number of carbonyl (C=O) groups is 1. The van der Waals surface area contributed by atoms with Crippen molar-refractivity contribution in [2.24, 2.45) is 4.99 Å². The Bertz CT molecular complexity index is 966. The molecule has 0 fully saturated rings. The van der Waals surface area contributed by atoms with E-state index in [2.05, 4.69) is 66.3 Å². The first kappa shape index (κ1) is 19.9. The van der Waals surface area contributed by atoms with Crippen molar-refractivity contribution in [2.75, 3.05) is 26.7 Å². The second kappa shape index (κ2) is 9.94. The number of carbonyl (C=O) groups excluding carboxylic acids is 1. The molecule has 3 rings (SSSR count). The van der Waals surface area contributed by atoms with Gasteiger partial charge in [0, 0.05) is 53.8 Å². The molecule has 0 saturated heterocycles. The summed E-state index contributed by atoms with van der Waals surface area (Å²) in [5.41, 5.74) is 3.07. The third-order valence-electron chi connectivity index (χ3n) is 4.38. The van der Waals surface area contributed by atoms with E-state index in [4.69, 9.17) is 0 Å². The van der Waals surface area contributed by atoms with Gasteiger partial charge in [0.15, 0.2) is 5.96 Å². The monoisotopic (exact) mass is 441 g/mol.